The van der Waals surface area contributed by atoms with Crippen LogP contribution in [0, 0.1) is 5.82 Å². The number of hydrogen-bond acceptors (Lipinski definition) is 5. The van der Waals surface area contributed by atoms with Crippen molar-refractivity contribution in [2.45, 2.75) is 19.4 Å². The van der Waals surface area contributed by atoms with Crippen LogP contribution in [0.3, 0.4) is 0 Å². The van der Waals surface area contributed by atoms with E-state index in [1.807, 2.05) is 0 Å². The van der Waals surface area contributed by atoms with Gasteiger partial charge in [-0.1, -0.05) is 17.7 Å². The molecule has 0 saturated carbocycles. The van der Waals surface area contributed by atoms with Gasteiger partial charge in [-0.25, -0.2) is 17.1 Å². The van der Waals surface area contributed by atoms with Crippen LogP contribution in [0.4, 0.5) is 4.39 Å². The van der Waals surface area contributed by atoms with Gasteiger partial charge in [-0.3, -0.25) is 4.79 Å². The maximum Gasteiger partial charge on any atom is 0.251 e. The summed E-state index contributed by atoms with van der Waals surface area (Å²) in [6.45, 7) is 2.65. The maximum atomic E-state index is 14.1. The largest absolute Gasteiger partial charge is 0.501 e. The Labute approximate surface area is 138 Å². The Balaban J connectivity index is 2.49. The molecule has 0 fully saturated rings. The molecule has 1 aliphatic rings. The average Bonchev–Trinajstić information content (AvgIpc) is 2.71. The van der Waals surface area contributed by atoms with Crippen LogP contribution in [0.2, 0.25) is 5.02 Å². The average molecular weight is 364 g/mol. The van der Waals surface area contributed by atoms with Crippen molar-refractivity contribution in [3.8, 4) is 0 Å². The Hall–Kier alpha value is -1.80. The van der Waals surface area contributed by atoms with Gasteiger partial charge >= 0.3 is 0 Å². The van der Waals surface area contributed by atoms with Gasteiger partial charge in [-0.05, 0) is 26.0 Å². The fraction of sp³-hybridized carbons (Fsp3) is 0.357. The SMILES string of the molecule is CCS(=O)(=O)N(C)C1=C(O)C(=O)C(C)(c2ccc(Cl)cc2F)O1. The van der Waals surface area contributed by atoms with Gasteiger partial charge in [0, 0.05) is 17.6 Å². The minimum Gasteiger partial charge on any atom is -0.501 e. The molecule has 1 N–H and O–H groups in total. The maximum absolute atomic E-state index is 14.1. The first-order valence-corrected chi connectivity index (χ1v) is 8.62. The van der Waals surface area contributed by atoms with Crippen molar-refractivity contribution < 1.29 is 27.4 Å². The number of carbonyl (C=O) groups is 1. The Bertz CT molecular complexity index is 807. The summed E-state index contributed by atoms with van der Waals surface area (Å²) >= 11 is 5.68. The summed E-state index contributed by atoms with van der Waals surface area (Å²) in [6.07, 6.45) is 0. The summed E-state index contributed by atoms with van der Waals surface area (Å²) < 4.78 is 44.0. The molecule has 0 amide bonds. The Kier molecular flexibility index (Phi) is 4.34. The first-order chi connectivity index (χ1) is 10.5. The number of nitrogens with zero attached hydrogens (tertiary/aromatic N) is 1. The molecule has 0 saturated heterocycles. The van der Waals surface area contributed by atoms with Crippen LogP contribution in [-0.2, 0) is 25.2 Å². The molecule has 1 aromatic carbocycles. The van der Waals surface area contributed by atoms with Crippen molar-refractivity contribution >= 4 is 27.4 Å². The lowest BCUT2D eigenvalue weighted by Gasteiger charge is -2.26. The van der Waals surface area contributed by atoms with Crippen molar-refractivity contribution in [3.05, 3.63) is 46.2 Å². The van der Waals surface area contributed by atoms with Crippen LogP contribution in [-0.4, -0.2) is 36.4 Å². The van der Waals surface area contributed by atoms with Crippen LogP contribution < -0.4 is 0 Å². The highest BCUT2D eigenvalue weighted by molar-refractivity contribution is 7.89. The minimum absolute atomic E-state index is 0.128. The topological polar surface area (TPSA) is 83.9 Å². The molecule has 1 atom stereocenters. The third kappa shape index (κ3) is 2.76. The van der Waals surface area contributed by atoms with Gasteiger partial charge in [0.2, 0.25) is 21.4 Å². The van der Waals surface area contributed by atoms with E-state index in [-0.39, 0.29) is 16.3 Å². The van der Waals surface area contributed by atoms with E-state index in [2.05, 4.69) is 0 Å². The summed E-state index contributed by atoms with van der Waals surface area (Å²) in [5.74, 6) is -3.41. The summed E-state index contributed by atoms with van der Waals surface area (Å²) in [5, 5.41) is 10.1. The van der Waals surface area contributed by atoms with Gasteiger partial charge < -0.3 is 9.84 Å². The van der Waals surface area contributed by atoms with E-state index in [1.165, 1.54) is 26.0 Å². The van der Waals surface area contributed by atoms with Crippen LogP contribution in [0.1, 0.15) is 19.4 Å². The second-order valence-electron chi connectivity index (χ2n) is 5.11. The summed E-state index contributed by atoms with van der Waals surface area (Å²) in [6, 6.07) is 3.61. The molecule has 0 spiro atoms. The van der Waals surface area contributed by atoms with Crippen molar-refractivity contribution in [1.82, 2.24) is 4.31 Å². The van der Waals surface area contributed by atoms with Crippen LogP contribution in [0.15, 0.2) is 29.8 Å². The van der Waals surface area contributed by atoms with E-state index < -0.39 is 38.9 Å². The lowest BCUT2D eigenvalue weighted by atomic mass is 9.91. The zero-order valence-corrected chi connectivity index (χ0v) is 14.2. The third-order valence-corrected chi connectivity index (χ3v) is 5.63. The normalized spacial score (nSPS) is 21.5. The highest BCUT2D eigenvalue weighted by Crippen LogP contribution is 2.40. The van der Waals surface area contributed by atoms with Gasteiger partial charge in [0.15, 0.2) is 0 Å². The zero-order chi connectivity index (χ0) is 17.6. The van der Waals surface area contributed by atoms with Crippen molar-refractivity contribution in [3.63, 3.8) is 0 Å². The molecule has 1 heterocycles. The van der Waals surface area contributed by atoms with E-state index >= 15 is 0 Å². The van der Waals surface area contributed by atoms with Gasteiger partial charge in [0.1, 0.15) is 5.82 Å². The second kappa shape index (κ2) is 5.68. The number of aliphatic hydroxyl groups is 1. The summed E-state index contributed by atoms with van der Waals surface area (Å²) in [5.41, 5.74) is -2.04. The predicted molar refractivity (Wildman–Crippen MR) is 81.7 cm³/mol. The summed E-state index contributed by atoms with van der Waals surface area (Å²) in [4.78, 5) is 12.3. The molecular weight excluding hydrogens is 349 g/mol. The third-order valence-electron chi connectivity index (χ3n) is 3.66. The fourth-order valence-electron chi connectivity index (χ4n) is 2.20. The molecule has 126 valence electrons. The predicted octanol–water partition coefficient (Wildman–Crippen LogP) is 2.30. The molecule has 2 rings (SSSR count). The molecule has 1 unspecified atom stereocenters. The number of ether oxygens (including phenoxy) is 1. The molecule has 1 aromatic rings. The van der Waals surface area contributed by atoms with Gasteiger partial charge in [0.05, 0.1) is 5.75 Å². The van der Waals surface area contributed by atoms with E-state index in [4.69, 9.17) is 16.3 Å². The number of halogens is 2. The Morgan fingerprint density at radius 2 is 2.04 bits per heavy atom. The van der Waals surface area contributed by atoms with Crippen molar-refractivity contribution in [1.29, 1.82) is 0 Å². The highest BCUT2D eigenvalue weighted by Gasteiger charge is 2.51. The zero-order valence-electron chi connectivity index (χ0n) is 12.6. The lowest BCUT2D eigenvalue weighted by molar-refractivity contribution is -0.132. The fourth-order valence-corrected chi connectivity index (χ4v) is 3.12. The Morgan fingerprint density at radius 3 is 2.57 bits per heavy atom. The number of carbonyl (C=O) groups excluding carboxylic acids is 1. The first kappa shape index (κ1) is 17.6. The number of benzene rings is 1. The first-order valence-electron chi connectivity index (χ1n) is 6.63. The quantitative estimate of drug-likeness (QED) is 0.887. The molecule has 0 bridgehead atoms. The number of ketones is 1. The van der Waals surface area contributed by atoms with Crippen molar-refractivity contribution in [2.75, 3.05) is 12.8 Å². The molecule has 1 aliphatic heterocycles. The standard InChI is InChI=1S/C14H15ClFNO5S/c1-4-23(20,21)17(3)13-11(18)12(19)14(2,22-13)9-6-5-8(15)7-10(9)16/h5-7,18H,4H2,1-3H3. The molecule has 6 nitrogen and oxygen atoms in total. The molecule has 0 radical (unpaired) electrons. The molecule has 0 aliphatic carbocycles. The molecule has 23 heavy (non-hydrogen) atoms. The van der Waals surface area contributed by atoms with E-state index in [0.717, 1.165) is 13.1 Å². The van der Waals surface area contributed by atoms with Gasteiger partial charge in [-0.15, -0.1) is 0 Å². The van der Waals surface area contributed by atoms with Crippen LogP contribution in [0.25, 0.3) is 0 Å². The molecular formula is C14H15ClFNO5S. The van der Waals surface area contributed by atoms with Crippen molar-refractivity contribution in [2.24, 2.45) is 0 Å². The monoisotopic (exact) mass is 363 g/mol. The number of Topliss-reactive ketones (excluding diaryl/α,β-unsaturated/α-hetero) is 1. The number of hydrogen-bond donors (Lipinski definition) is 1. The number of rotatable bonds is 4. The number of aliphatic hydroxyl groups excluding tert-OH is 1. The number of sulfonamides is 1. The van der Waals surface area contributed by atoms with Gasteiger partial charge in [-0.2, -0.15) is 0 Å². The second-order valence-corrected chi connectivity index (χ2v) is 7.84. The summed E-state index contributed by atoms with van der Waals surface area (Å²) in [7, 11) is -2.62. The van der Waals surface area contributed by atoms with E-state index in [0.29, 0.717) is 4.31 Å². The van der Waals surface area contributed by atoms with Crippen LogP contribution in [0.5, 0.6) is 0 Å². The molecule has 9 heteroatoms. The lowest BCUT2D eigenvalue weighted by Crippen LogP contribution is -2.34. The highest BCUT2D eigenvalue weighted by atomic mass is 35.5. The minimum atomic E-state index is -3.76. The smallest absolute Gasteiger partial charge is 0.251 e. The van der Waals surface area contributed by atoms with Gasteiger partial charge in [0.25, 0.3) is 11.7 Å². The van der Waals surface area contributed by atoms with Crippen LogP contribution >= 0.6 is 11.6 Å². The molecule has 0 aromatic heterocycles. The van der Waals surface area contributed by atoms with E-state index in [9.17, 15) is 22.7 Å². The van der Waals surface area contributed by atoms with E-state index in [1.54, 1.807) is 0 Å². The Morgan fingerprint density at radius 1 is 1.43 bits per heavy atom.